The Bertz CT molecular complexity index is 912. The van der Waals surface area contributed by atoms with Gasteiger partial charge in [0.25, 0.3) is 5.91 Å². The Morgan fingerprint density at radius 3 is 2.39 bits per heavy atom. The van der Waals surface area contributed by atoms with Gasteiger partial charge in [-0.15, -0.1) is 11.8 Å². The average molecular weight is 438 g/mol. The quantitative estimate of drug-likeness (QED) is 0.590. The first kappa shape index (κ1) is 21.2. The molecule has 0 N–H and O–H groups in total. The van der Waals surface area contributed by atoms with E-state index in [4.69, 9.17) is 11.6 Å². The Hall–Kier alpha value is -1.50. The van der Waals surface area contributed by atoms with Crippen LogP contribution in [0.15, 0.2) is 53.4 Å². The number of thioether (sulfide) groups is 1. The van der Waals surface area contributed by atoms with Crippen molar-refractivity contribution in [2.24, 2.45) is 0 Å². The molecule has 28 heavy (non-hydrogen) atoms. The van der Waals surface area contributed by atoms with Gasteiger partial charge in [-0.05, 0) is 54.8 Å². The summed E-state index contributed by atoms with van der Waals surface area (Å²) in [6, 6.07) is 15.1. The summed E-state index contributed by atoms with van der Waals surface area (Å²) in [5.41, 5.74) is 1.74. The highest BCUT2D eigenvalue weighted by atomic mass is 35.5. The fourth-order valence-corrected chi connectivity index (χ4v) is 6.03. The lowest BCUT2D eigenvalue weighted by Gasteiger charge is -2.28. The maximum atomic E-state index is 13.0. The van der Waals surface area contributed by atoms with Crippen molar-refractivity contribution in [1.82, 2.24) is 4.90 Å². The van der Waals surface area contributed by atoms with Crippen LogP contribution in [0, 0.1) is 0 Å². The van der Waals surface area contributed by atoms with E-state index >= 15 is 0 Å². The van der Waals surface area contributed by atoms with Gasteiger partial charge in [0.1, 0.15) is 0 Å². The second kappa shape index (κ2) is 9.33. The SMILES string of the molecule is CCCN(C(=O)c1ccc(CSc2ccc(Cl)cc2)cc1)[C@H]1CCS(=O)(=O)C1. The number of hydrogen-bond donors (Lipinski definition) is 0. The minimum Gasteiger partial charge on any atom is -0.335 e. The smallest absolute Gasteiger partial charge is 0.254 e. The summed E-state index contributed by atoms with van der Waals surface area (Å²) in [4.78, 5) is 15.8. The molecule has 7 heteroatoms. The summed E-state index contributed by atoms with van der Waals surface area (Å²) >= 11 is 7.62. The van der Waals surface area contributed by atoms with Crippen LogP contribution in [0.2, 0.25) is 5.02 Å². The van der Waals surface area contributed by atoms with Crippen LogP contribution in [0.4, 0.5) is 0 Å². The second-order valence-electron chi connectivity index (χ2n) is 6.99. The van der Waals surface area contributed by atoms with Gasteiger partial charge in [-0.3, -0.25) is 4.79 Å². The number of sulfone groups is 1. The molecule has 0 aliphatic carbocycles. The maximum Gasteiger partial charge on any atom is 0.254 e. The first-order valence-electron chi connectivity index (χ1n) is 9.36. The summed E-state index contributed by atoms with van der Waals surface area (Å²) in [5.74, 6) is 0.969. The molecule has 0 spiro atoms. The molecule has 0 radical (unpaired) electrons. The molecule has 1 aliphatic rings. The Morgan fingerprint density at radius 1 is 1.14 bits per heavy atom. The number of nitrogens with zero attached hydrogens (tertiary/aromatic N) is 1. The lowest BCUT2D eigenvalue weighted by atomic mass is 10.1. The van der Waals surface area contributed by atoms with Crippen molar-refractivity contribution in [2.45, 2.75) is 36.5 Å². The molecule has 3 rings (SSSR count). The Balaban J connectivity index is 1.65. The van der Waals surface area contributed by atoms with Crippen molar-refractivity contribution in [2.75, 3.05) is 18.1 Å². The van der Waals surface area contributed by atoms with E-state index in [2.05, 4.69) is 0 Å². The normalized spacial score (nSPS) is 18.1. The van der Waals surface area contributed by atoms with Crippen LogP contribution < -0.4 is 0 Å². The van der Waals surface area contributed by atoms with Crippen LogP contribution in [0.25, 0.3) is 0 Å². The van der Waals surface area contributed by atoms with E-state index in [1.54, 1.807) is 16.7 Å². The lowest BCUT2D eigenvalue weighted by Crippen LogP contribution is -2.41. The zero-order valence-corrected chi connectivity index (χ0v) is 18.2. The van der Waals surface area contributed by atoms with Gasteiger partial charge in [-0.2, -0.15) is 0 Å². The highest BCUT2D eigenvalue weighted by Crippen LogP contribution is 2.25. The third kappa shape index (κ3) is 5.52. The molecule has 0 aromatic heterocycles. The largest absolute Gasteiger partial charge is 0.335 e. The highest BCUT2D eigenvalue weighted by Gasteiger charge is 2.34. The molecule has 0 bridgehead atoms. The van der Waals surface area contributed by atoms with Gasteiger partial charge in [0.2, 0.25) is 0 Å². The lowest BCUT2D eigenvalue weighted by molar-refractivity contribution is 0.0697. The van der Waals surface area contributed by atoms with Crippen LogP contribution in [0.1, 0.15) is 35.7 Å². The van der Waals surface area contributed by atoms with E-state index in [-0.39, 0.29) is 23.5 Å². The molecular weight excluding hydrogens is 414 g/mol. The third-order valence-electron chi connectivity index (χ3n) is 4.79. The Kier molecular flexibility index (Phi) is 7.07. The first-order valence-corrected chi connectivity index (χ1v) is 12.5. The van der Waals surface area contributed by atoms with E-state index in [1.807, 2.05) is 55.5 Å². The van der Waals surface area contributed by atoms with Crippen molar-refractivity contribution >= 4 is 39.1 Å². The molecule has 1 fully saturated rings. The van der Waals surface area contributed by atoms with Crippen LogP contribution >= 0.6 is 23.4 Å². The summed E-state index contributed by atoms with van der Waals surface area (Å²) in [6.07, 6.45) is 1.34. The fourth-order valence-electron chi connectivity index (χ4n) is 3.32. The second-order valence-corrected chi connectivity index (χ2v) is 10.7. The Labute approximate surface area is 176 Å². The van der Waals surface area contributed by atoms with Gasteiger partial charge in [-0.25, -0.2) is 8.42 Å². The minimum atomic E-state index is -3.02. The number of amides is 1. The third-order valence-corrected chi connectivity index (χ3v) is 7.88. The minimum absolute atomic E-state index is 0.0779. The predicted octanol–water partition coefficient (Wildman–Crippen LogP) is 4.67. The van der Waals surface area contributed by atoms with E-state index in [0.29, 0.717) is 18.5 Å². The number of halogens is 1. The zero-order valence-electron chi connectivity index (χ0n) is 15.8. The fraction of sp³-hybridized carbons (Fsp3) is 0.381. The van der Waals surface area contributed by atoms with Crippen molar-refractivity contribution in [1.29, 1.82) is 0 Å². The van der Waals surface area contributed by atoms with Crippen molar-refractivity contribution in [3.63, 3.8) is 0 Å². The van der Waals surface area contributed by atoms with Gasteiger partial charge in [0.05, 0.1) is 11.5 Å². The van der Waals surface area contributed by atoms with Crippen molar-refractivity contribution < 1.29 is 13.2 Å². The zero-order chi connectivity index (χ0) is 20.1. The number of carbonyl (C=O) groups is 1. The summed E-state index contributed by atoms with van der Waals surface area (Å²) in [7, 11) is -3.02. The standard InChI is InChI=1S/C21H24ClNO3S2/c1-2-12-23(19-11-13-28(25,26)15-19)21(24)17-5-3-16(4-6-17)14-27-20-9-7-18(22)8-10-20/h3-10,19H,2,11-15H2,1H3/t19-/m0/s1. The van der Waals surface area contributed by atoms with Crippen LogP contribution in [-0.4, -0.2) is 43.3 Å². The van der Waals surface area contributed by atoms with E-state index < -0.39 is 9.84 Å². The topological polar surface area (TPSA) is 54.5 Å². The molecule has 1 aliphatic heterocycles. The molecule has 4 nitrogen and oxygen atoms in total. The Morgan fingerprint density at radius 2 is 1.82 bits per heavy atom. The van der Waals surface area contributed by atoms with Gasteiger partial charge in [0.15, 0.2) is 9.84 Å². The number of carbonyl (C=O) groups excluding carboxylic acids is 1. The molecule has 0 unspecified atom stereocenters. The molecular formula is C21H24ClNO3S2. The van der Waals surface area contributed by atoms with Gasteiger partial charge in [-0.1, -0.05) is 30.7 Å². The van der Waals surface area contributed by atoms with Crippen LogP contribution in [0.3, 0.4) is 0 Å². The summed E-state index contributed by atoms with van der Waals surface area (Å²) in [6.45, 7) is 2.58. The van der Waals surface area contributed by atoms with Gasteiger partial charge >= 0.3 is 0 Å². The first-order chi connectivity index (χ1) is 13.4. The summed E-state index contributed by atoms with van der Waals surface area (Å²) in [5, 5.41) is 0.721. The van der Waals surface area contributed by atoms with Gasteiger partial charge in [0, 0.05) is 33.8 Å². The predicted molar refractivity (Wildman–Crippen MR) is 116 cm³/mol. The average Bonchev–Trinajstić information content (AvgIpc) is 3.05. The molecule has 1 heterocycles. The van der Waals surface area contributed by atoms with Gasteiger partial charge < -0.3 is 4.90 Å². The van der Waals surface area contributed by atoms with E-state index in [9.17, 15) is 13.2 Å². The van der Waals surface area contributed by atoms with Crippen LogP contribution in [0.5, 0.6) is 0 Å². The molecule has 1 atom stereocenters. The molecule has 2 aromatic rings. The molecule has 1 saturated heterocycles. The van der Waals surface area contributed by atoms with E-state index in [1.165, 1.54) is 0 Å². The highest BCUT2D eigenvalue weighted by molar-refractivity contribution is 7.98. The molecule has 2 aromatic carbocycles. The number of benzene rings is 2. The van der Waals surface area contributed by atoms with Crippen molar-refractivity contribution in [3.8, 4) is 0 Å². The maximum absolute atomic E-state index is 13.0. The van der Waals surface area contributed by atoms with Crippen molar-refractivity contribution in [3.05, 3.63) is 64.7 Å². The molecule has 0 saturated carbocycles. The molecule has 1 amide bonds. The van der Waals surface area contributed by atoms with Crippen LogP contribution in [-0.2, 0) is 15.6 Å². The monoisotopic (exact) mass is 437 g/mol. The number of hydrogen-bond acceptors (Lipinski definition) is 4. The molecule has 150 valence electrons. The van der Waals surface area contributed by atoms with E-state index in [0.717, 1.165) is 27.7 Å². The summed E-state index contributed by atoms with van der Waals surface area (Å²) < 4.78 is 23.6. The number of rotatable bonds is 7.